The summed E-state index contributed by atoms with van der Waals surface area (Å²) < 4.78 is 40.6. The second-order valence-electron chi connectivity index (χ2n) is 7.87. The zero-order chi connectivity index (χ0) is 24.4. The summed E-state index contributed by atoms with van der Waals surface area (Å²) in [7, 11) is -2.30. The number of ether oxygens (including phenoxy) is 2. The van der Waals surface area contributed by atoms with E-state index in [9.17, 15) is 13.2 Å². The zero-order valence-electron chi connectivity index (χ0n) is 18.9. The lowest BCUT2D eigenvalue weighted by atomic mass is 10.1. The van der Waals surface area contributed by atoms with Crippen LogP contribution in [0.2, 0.25) is 0 Å². The van der Waals surface area contributed by atoms with E-state index in [1.807, 2.05) is 48.5 Å². The van der Waals surface area contributed by atoms with Gasteiger partial charge >= 0.3 is 5.97 Å². The third-order valence-corrected chi connectivity index (χ3v) is 7.13. The van der Waals surface area contributed by atoms with E-state index in [1.165, 1.54) is 6.07 Å². The van der Waals surface area contributed by atoms with Crippen LogP contribution in [0.1, 0.15) is 15.9 Å². The minimum atomic E-state index is -3.84. The van der Waals surface area contributed by atoms with E-state index in [4.69, 9.17) is 9.47 Å². The van der Waals surface area contributed by atoms with Gasteiger partial charge in [0.05, 0.1) is 24.9 Å². The van der Waals surface area contributed by atoms with E-state index in [0.29, 0.717) is 22.6 Å². The highest BCUT2D eigenvalue weighted by Crippen LogP contribution is 2.34. The van der Waals surface area contributed by atoms with Crippen LogP contribution in [0.15, 0.2) is 100 Å². The molecule has 0 N–H and O–H groups in total. The van der Waals surface area contributed by atoms with Gasteiger partial charge in [-0.05, 0) is 41.1 Å². The Labute approximate surface area is 203 Å². The first kappa shape index (κ1) is 22.6. The SMILES string of the molecule is COc1ccccc1N(CCOC(=O)c1cccc2ccccc12)C1=NS(=O)(=O)c2ccccc21. The molecule has 7 nitrogen and oxygen atoms in total. The number of para-hydroxylation sites is 2. The maximum Gasteiger partial charge on any atom is 0.338 e. The molecule has 5 rings (SSSR count). The van der Waals surface area contributed by atoms with Crippen LogP contribution in [-0.2, 0) is 14.8 Å². The Bertz CT molecular complexity index is 1560. The normalized spacial score (nSPS) is 13.7. The van der Waals surface area contributed by atoms with Gasteiger partial charge in [0.25, 0.3) is 10.0 Å². The lowest BCUT2D eigenvalue weighted by Gasteiger charge is -2.26. The summed E-state index contributed by atoms with van der Waals surface area (Å²) in [5, 5.41) is 1.75. The van der Waals surface area contributed by atoms with Gasteiger partial charge in [-0.3, -0.25) is 0 Å². The van der Waals surface area contributed by atoms with Crippen LogP contribution in [-0.4, -0.2) is 40.5 Å². The van der Waals surface area contributed by atoms with Gasteiger partial charge in [-0.15, -0.1) is 4.40 Å². The number of esters is 1. The third-order valence-electron chi connectivity index (χ3n) is 5.80. The van der Waals surface area contributed by atoms with Crippen molar-refractivity contribution in [1.82, 2.24) is 0 Å². The van der Waals surface area contributed by atoms with E-state index in [0.717, 1.165) is 10.8 Å². The molecule has 4 aromatic rings. The molecular formula is C27H22N2O5S. The van der Waals surface area contributed by atoms with Gasteiger partial charge in [-0.1, -0.05) is 60.7 Å². The van der Waals surface area contributed by atoms with Gasteiger partial charge in [0.15, 0.2) is 5.84 Å². The number of methoxy groups -OCH3 is 1. The zero-order valence-corrected chi connectivity index (χ0v) is 19.7. The highest BCUT2D eigenvalue weighted by molar-refractivity contribution is 7.90. The molecule has 0 saturated carbocycles. The van der Waals surface area contributed by atoms with Crippen molar-refractivity contribution in [1.29, 1.82) is 0 Å². The smallest absolute Gasteiger partial charge is 0.338 e. The number of amidine groups is 1. The molecule has 0 aromatic heterocycles. The molecule has 0 bridgehead atoms. The first-order valence-corrected chi connectivity index (χ1v) is 12.4. The number of anilines is 1. The number of hydrogen-bond acceptors (Lipinski definition) is 6. The highest BCUT2D eigenvalue weighted by Gasteiger charge is 2.33. The van der Waals surface area contributed by atoms with Gasteiger partial charge in [0, 0.05) is 5.56 Å². The Morgan fingerprint density at radius 2 is 1.60 bits per heavy atom. The molecule has 0 saturated heterocycles. The Morgan fingerprint density at radius 1 is 0.886 bits per heavy atom. The lowest BCUT2D eigenvalue weighted by molar-refractivity contribution is 0.0519. The summed E-state index contributed by atoms with van der Waals surface area (Å²) in [4.78, 5) is 14.8. The minimum Gasteiger partial charge on any atom is -0.495 e. The standard InChI is InChI=1S/C27H22N2O5S/c1-33-24-15-6-5-14-23(24)29(26-22-12-4-7-16-25(22)35(31,32)28-26)17-18-34-27(30)21-13-8-10-19-9-2-3-11-20(19)21/h2-16H,17-18H2,1H3. The van der Waals surface area contributed by atoms with Gasteiger partial charge < -0.3 is 14.4 Å². The molecule has 0 radical (unpaired) electrons. The van der Waals surface area contributed by atoms with Crippen LogP contribution in [0.3, 0.4) is 0 Å². The van der Waals surface area contributed by atoms with Crippen LogP contribution in [0.5, 0.6) is 5.75 Å². The van der Waals surface area contributed by atoms with Crippen LogP contribution in [0, 0.1) is 0 Å². The summed E-state index contributed by atoms with van der Waals surface area (Å²) in [6, 6.07) is 27.0. The maximum atomic E-state index is 12.9. The van der Waals surface area contributed by atoms with Crippen molar-refractivity contribution in [3.63, 3.8) is 0 Å². The van der Waals surface area contributed by atoms with Crippen molar-refractivity contribution in [2.45, 2.75) is 4.90 Å². The Hall–Kier alpha value is -4.17. The number of nitrogens with zero attached hydrogens (tertiary/aromatic N) is 2. The van der Waals surface area contributed by atoms with Crippen LogP contribution >= 0.6 is 0 Å². The lowest BCUT2D eigenvalue weighted by Crippen LogP contribution is -2.34. The van der Waals surface area contributed by atoms with Crippen molar-refractivity contribution >= 4 is 38.3 Å². The van der Waals surface area contributed by atoms with E-state index < -0.39 is 16.0 Å². The number of rotatable bonds is 6. The molecule has 1 aliphatic rings. The van der Waals surface area contributed by atoms with E-state index >= 15 is 0 Å². The summed E-state index contributed by atoms with van der Waals surface area (Å²) >= 11 is 0. The summed E-state index contributed by atoms with van der Waals surface area (Å²) in [6.07, 6.45) is 0. The number of fused-ring (bicyclic) bond motifs is 2. The van der Waals surface area contributed by atoms with Crippen molar-refractivity contribution in [3.8, 4) is 5.75 Å². The molecule has 0 atom stereocenters. The van der Waals surface area contributed by atoms with Gasteiger partial charge in [0.2, 0.25) is 0 Å². The molecular weight excluding hydrogens is 464 g/mol. The highest BCUT2D eigenvalue weighted by atomic mass is 32.2. The van der Waals surface area contributed by atoms with Crippen molar-refractivity contribution in [2.24, 2.45) is 4.40 Å². The molecule has 1 heterocycles. The fourth-order valence-electron chi connectivity index (χ4n) is 4.19. The molecule has 0 aliphatic carbocycles. The fourth-order valence-corrected chi connectivity index (χ4v) is 5.40. The number of sulfonamides is 1. The summed E-state index contributed by atoms with van der Waals surface area (Å²) in [5.74, 6) is 0.340. The largest absolute Gasteiger partial charge is 0.495 e. The number of hydrogen-bond donors (Lipinski definition) is 0. The van der Waals surface area contributed by atoms with E-state index in [1.54, 1.807) is 48.4 Å². The molecule has 176 valence electrons. The molecule has 0 unspecified atom stereocenters. The monoisotopic (exact) mass is 486 g/mol. The molecule has 1 aliphatic heterocycles. The number of benzene rings is 4. The van der Waals surface area contributed by atoms with Gasteiger partial charge in [-0.25, -0.2) is 4.79 Å². The third kappa shape index (κ3) is 4.24. The minimum absolute atomic E-state index is 0.00133. The van der Waals surface area contributed by atoms with E-state index in [-0.39, 0.29) is 23.9 Å². The average molecular weight is 487 g/mol. The fraction of sp³-hybridized carbons (Fsp3) is 0.111. The average Bonchev–Trinajstić information content (AvgIpc) is 3.16. The maximum absolute atomic E-state index is 12.9. The van der Waals surface area contributed by atoms with Gasteiger partial charge in [-0.2, -0.15) is 8.42 Å². The summed E-state index contributed by atoms with van der Waals surface area (Å²) in [5.41, 5.74) is 1.57. The molecule has 0 spiro atoms. The first-order chi connectivity index (χ1) is 17.0. The quantitative estimate of drug-likeness (QED) is 0.369. The Kier molecular flexibility index (Phi) is 5.96. The predicted octanol–water partition coefficient (Wildman–Crippen LogP) is 4.66. The second kappa shape index (κ2) is 9.23. The van der Waals surface area contributed by atoms with E-state index in [2.05, 4.69) is 4.40 Å². The molecule has 4 aromatic carbocycles. The Balaban J connectivity index is 1.46. The molecule has 0 fully saturated rings. The van der Waals surface area contributed by atoms with Crippen molar-refractivity contribution in [2.75, 3.05) is 25.2 Å². The van der Waals surface area contributed by atoms with Crippen molar-refractivity contribution < 1.29 is 22.7 Å². The Morgan fingerprint density at radius 3 is 2.46 bits per heavy atom. The number of carbonyl (C=O) groups is 1. The van der Waals surface area contributed by atoms with Crippen LogP contribution in [0.4, 0.5) is 5.69 Å². The predicted molar refractivity (Wildman–Crippen MR) is 135 cm³/mol. The topological polar surface area (TPSA) is 85.3 Å². The molecule has 0 amide bonds. The van der Waals surface area contributed by atoms with Crippen LogP contribution < -0.4 is 9.64 Å². The first-order valence-electron chi connectivity index (χ1n) is 11.0. The second-order valence-corrected chi connectivity index (χ2v) is 9.44. The van der Waals surface area contributed by atoms with Crippen molar-refractivity contribution in [3.05, 3.63) is 102 Å². The van der Waals surface area contributed by atoms with Gasteiger partial charge in [0.1, 0.15) is 17.3 Å². The number of carbonyl (C=O) groups excluding carboxylic acids is 1. The molecule has 35 heavy (non-hydrogen) atoms. The van der Waals surface area contributed by atoms with Crippen LogP contribution in [0.25, 0.3) is 10.8 Å². The summed E-state index contributed by atoms with van der Waals surface area (Å²) in [6.45, 7) is 0.168. The molecule has 8 heteroatoms.